The van der Waals surface area contributed by atoms with Gasteiger partial charge in [0.2, 0.25) is 0 Å². The topological polar surface area (TPSA) is 17.1 Å². The van der Waals surface area contributed by atoms with Crippen molar-refractivity contribution in [2.24, 2.45) is 5.92 Å². The monoisotopic (exact) mass is 296 g/mol. The zero-order chi connectivity index (χ0) is 15.6. The zero-order valence-electron chi connectivity index (χ0n) is 14.9. The van der Waals surface area contributed by atoms with Gasteiger partial charge < -0.3 is 4.79 Å². The van der Waals surface area contributed by atoms with Crippen molar-refractivity contribution in [3.63, 3.8) is 0 Å². The summed E-state index contributed by atoms with van der Waals surface area (Å²) >= 11 is 0. The van der Waals surface area contributed by atoms with Crippen LogP contribution < -0.4 is 0 Å². The van der Waals surface area contributed by atoms with Crippen LogP contribution in [0, 0.1) is 5.92 Å². The highest BCUT2D eigenvalue weighted by Crippen LogP contribution is 2.17. The Bertz CT molecular complexity index is 200. The SMILES string of the molecule is CCCCCCCCCCCCCCCC(CC)CC=O. The lowest BCUT2D eigenvalue weighted by Gasteiger charge is -2.10. The van der Waals surface area contributed by atoms with Crippen molar-refractivity contribution >= 4 is 6.29 Å². The molecule has 0 N–H and O–H groups in total. The summed E-state index contributed by atoms with van der Waals surface area (Å²) in [6.45, 7) is 4.49. The Kier molecular flexibility index (Phi) is 17.4. The number of hydrogen-bond donors (Lipinski definition) is 0. The molecule has 0 aliphatic carbocycles. The van der Waals surface area contributed by atoms with Crippen molar-refractivity contribution in [3.05, 3.63) is 0 Å². The van der Waals surface area contributed by atoms with Crippen molar-refractivity contribution < 1.29 is 4.79 Å². The van der Waals surface area contributed by atoms with Crippen LogP contribution in [0.1, 0.15) is 117 Å². The molecule has 0 bridgehead atoms. The quantitative estimate of drug-likeness (QED) is 0.207. The molecule has 0 fully saturated rings. The highest BCUT2D eigenvalue weighted by atomic mass is 16.1. The van der Waals surface area contributed by atoms with Crippen molar-refractivity contribution in [1.29, 1.82) is 0 Å². The standard InChI is InChI=1S/C20H40O/c1-3-5-6-7-8-9-10-11-12-13-14-15-16-17-20(4-2)18-19-21/h19-20H,3-18H2,1-2H3. The molecule has 0 aliphatic heterocycles. The molecule has 21 heavy (non-hydrogen) atoms. The van der Waals surface area contributed by atoms with Gasteiger partial charge in [-0.15, -0.1) is 0 Å². The van der Waals surface area contributed by atoms with Gasteiger partial charge in [-0.3, -0.25) is 0 Å². The molecule has 1 unspecified atom stereocenters. The third-order valence-electron chi connectivity index (χ3n) is 4.72. The summed E-state index contributed by atoms with van der Waals surface area (Å²) in [5, 5.41) is 0. The van der Waals surface area contributed by atoms with Gasteiger partial charge >= 0.3 is 0 Å². The molecule has 126 valence electrons. The van der Waals surface area contributed by atoms with Crippen LogP contribution in [0.15, 0.2) is 0 Å². The molecule has 0 aromatic rings. The van der Waals surface area contributed by atoms with Crippen LogP contribution in [0.2, 0.25) is 0 Å². The van der Waals surface area contributed by atoms with Gasteiger partial charge in [-0.25, -0.2) is 0 Å². The van der Waals surface area contributed by atoms with Gasteiger partial charge in [-0.1, -0.05) is 110 Å². The smallest absolute Gasteiger partial charge is 0.120 e. The largest absolute Gasteiger partial charge is 0.303 e. The summed E-state index contributed by atoms with van der Waals surface area (Å²) < 4.78 is 0. The summed E-state index contributed by atoms with van der Waals surface area (Å²) in [5.74, 6) is 0.648. The minimum absolute atomic E-state index is 0.648. The molecule has 0 rings (SSSR count). The highest BCUT2D eigenvalue weighted by molar-refractivity contribution is 5.49. The van der Waals surface area contributed by atoms with E-state index in [1.165, 1.54) is 89.9 Å². The first-order chi connectivity index (χ1) is 10.3. The third-order valence-corrected chi connectivity index (χ3v) is 4.72. The van der Waals surface area contributed by atoms with Crippen LogP contribution in [0.3, 0.4) is 0 Å². The first-order valence-corrected chi connectivity index (χ1v) is 9.78. The predicted octanol–water partition coefficient (Wildman–Crippen LogP) is 7.08. The van der Waals surface area contributed by atoms with Crippen LogP contribution in [-0.2, 0) is 4.79 Å². The van der Waals surface area contributed by atoms with Crippen molar-refractivity contribution in [3.8, 4) is 0 Å². The van der Waals surface area contributed by atoms with Crippen molar-refractivity contribution in [2.75, 3.05) is 0 Å². The molecule has 0 aromatic heterocycles. The molecule has 0 spiro atoms. The average Bonchev–Trinajstić information content (AvgIpc) is 2.50. The fourth-order valence-electron chi connectivity index (χ4n) is 3.08. The van der Waals surface area contributed by atoms with E-state index in [0.717, 1.165) is 19.1 Å². The normalized spacial score (nSPS) is 12.5. The van der Waals surface area contributed by atoms with Gasteiger partial charge in [-0.05, 0) is 5.92 Å². The molecule has 1 nitrogen and oxygen atoms in total. The molecule has 0 aliphatic rings. The van der Waals surface area contributed by atoms with Crippen molar-refractivity contribution in [2.45, 2.75) is 117 Å². The lowest BCUT2D eigenvalue weighted by molar-refractivity contribution is -0.108. The molecule has 1 atom stereocenters. The maximum Gasteiger partial charge on any atom is 0.120 e. The molecular formula is C20H40O. The summed E-state index contributed by atoms with van der Waals surface area (Å²) in [6.07, 6.45) is 22.7. The van der Waals surface area contributed by atoms with Gasteiger partial charge in [0.15, 0.2) is 0 Å². The fraction of sp³-hybridized carbons (Fsp3) is 0.950. The van der Waals surface area contributed by atoms with Crippen LogP contribution in [0.5, 0.6) is 0 Å². The molecule has 1 heteroatoms. The first-order valence-electron chi connectivity index (χ1n) is 9.78. The summed E-state index contributed by atoms with van der Waals surface area (Å²) in [5.41, 5.74) is 0. The number of carbonyl (C=O) groups is 1. The van der Waals surface area contributed by atoms with E-state index in [-0.39, 0.29) is 0 Å². The lowest BCUT2D eigenvalue weighted by Crippen LogP contribution is -1.99. The van der Waals surface area contributed by atoms with Gasteiger partial charge in [0.25, 0.3) is 0 Å². The van der Waals surface area contributed by atoms with Crippen molar-refractivity contribution in [1.82, 2.24) is 0 Å². The van der Waals surface area contributed by atoms with Gasteiger partial charge in [0.1, 0.15) is 6.29 Å². The van der Waals surface area contributed by atoms with E-state index in [1.54, 1.807) is 0 Å². The summed E-state index contributed by atoms with van der Waals surface area (Å²) in [6, 6.07) is 0. The first kappa shape index (κ1) is 20.7. The maximum atomic E-state index is 10.5. The van der Waals surface area contributed by atoms with E-state index < -0.39 is 0 Å². The second kappa shape index (κ2) is 17.7. The Hall–Kier alpha value is -0.330. The zero-order valence-corrected chi connectivity index (χ0v) is 14.9. The second-order valence-corrected chi connectivity index (χ2v) is 6.71. The third kappa shape index (κ3) is 15.9. The van der Waals surface area contributed by atoms with E-state index in [2.05, 4.69) is 13.8 Å². The Labute approximate surface area is 134 Å². The fourth-order valence-corrected chi connectivity index (χ4v) is 3.08. The Morgan fingerprint density at radius 1 is 0.667 bits per heavy atom. The average molecular weight is 297 g/mol. The number of carbonyl (C=O) groups excluding carboxylic acids is 1. The minimum Gasteiger partial charge on any atom is -0.303 e. The Balaban J connectivity index is 3.10. The predicted molar refractivity (Wildman–Crippen MR) is 94.8 cm³/mol. The summed E-state index contributed by atoms with van der Waals surface area (Å²) in [4.78, 5) is 10.5. The molecule has 0 saturated carbocycles. The molecule has 0 heterocycles. The van der Waals surface area contributed by atoms with E-state index in [4.69, 9.17) is 0 Å². The molecule has 0 saturated heterocycles. The number of aldehydes is 1. The number of rotatable bonds is 17. The molecular weight excluding hydrogens is 256 g/mol. The van der Waals surface area contributed by atoms with E-state index in [0.29, 0.717) is 5.92 Å². The minimum atomic E-state index is 0.648. The van der Waals surface area contributed by atoms with E-state index in [1.807, 2.05) is 0 Å². The highest BCUT2D eigenvalue weighted by Gasteiger charge is 2.04. The van der Waals surface area contributed by atoms with Gasteiger partial charge in [0.05, 0.1) is 0 Å². The summed E-state index contributed by atoms with van der Waals surface area (Å²) in [7, 11) is 0. The van der Waals surface area contributed by atoms with Crippen LogP contribution >= 0.6 is 0 Å². The number of hydrogen-bond acceptors (Lipinski definition) is 1. The van der Waals surface area contributed by atoms with Crippen LogP contribution in [0.4, 0.5) is 0 Å². The van der Waals surface area contributed by atoms with Gasteiger partial charge in [0, 0.05) is 6.42 Å². The molecule has 0 radical (unpaired) electrons. The molecule has 0 aromatic carbocycles. The van der Waals surface area contributed by atoms with E-state index in [9.17, 15) is 4.79 Å². The van der Waals surface area contributed by atoms with Crippen LogP contribution in [0.25, 0.3) is 0 Å². The second-order valence-electron chi connectivity index (χ2n) is 6.71. The maximum absolute atomic E-state index is 10.5. The Morgan fingerprint density at radius 3 is 1.48 bits per heavy atom. The van der Waals surface area contributed by atoms with Crippen LogP contribution in [-0.4, -0.2) is 6.29 Å². The lowest BCUT2D eigenvalue weighted by atomic mass is 9.95. The molecule has 0 amide bonds. The van der Waals surface area contributed by atoms with Gasteiger partial charge in [-0.2, -0.15) is 0 Å². The van der Waals surface area contributed by atoms with E-state index >= 15 is 0 Å². The Morgan fingerprint density at radius 2 is 1.10 bits per heavy atom. The number of unbranched alkanes of at least 4 members (excludes halogenated alkanes) is 12.